The van der Waals surface area contributed by atoms with Crippen molar-refractivity contribution in [1.29, 1.82) is 0 Å². The van der Waals surface area contributed by atoms with Crippen LogP contribution in [0.3, 0.4) is 0 Å². The second kappa shape index (κ2) is 11.1. The van der Waals surface area contributed by atoms with Crippen LogP contribution in [0.4, 0.5) is 5.69 Å². The molecule has 2 amide bonds. The molecule has 0 radical (unpaired) electrons. The number of anilines is 1. The number of nitrogens with one attached hydrogen (secondary N) is 2. The first-order valence-electron chi connectivity index (χ1n) is 11.1. The van der Waals surface area contributed by atoms with Crippen molar-refractivity contribution in [1.82, 2.24) is 15.1 Å². The number of amides is 2. The van der Waals surface area contributed by atoms with Gasteiger partial charge in [-0.2, -0.15) is 5.10 Å². The fourth-order valence-electron chi connectivity index (χ4n) is 3.81. The van der Waals surface area contributed by atoms with Gasteiger partial charge in [-0.05, 0) is 50.0 Å². The predicted molar refractivity (Wildman–Crippen MR) is 125 cm³/mol. The van der Waals surface area contributed by atoms with E-state index in [4.69, 9.17) is 11.6 Å². The first kappa shape index (κ1) is 23.1. The summed E-state index contributed by atoms with van der Waals surface area (Å²) in [4.78, 5) is 24.6. The van der Waals surface area contributed by atoms with Gasteiger partial charge < -0.3 is 10.6 Å². The molecule has 1 fully saturated rings. The molecule has 1 aromatic carbocycles. The highest BCUT2D eigenvalue weighted by Gasteiger charge is 2.22. The van der Waals surface area contributed by atoms with Crippen molar-refractivity contribution >= 4 is 35.2 Å². The zero-order chi connectivity index (χ0) is 22.2. The number of rotatable bonds is 9. The number of halogens is 1. The minimum Gasteiger partial charge on any atom is -0.348 e. The molecule has 0 aliphatic heterocycles. The molecular formula is C24H31ClN4O2. The normalized spacial score (nSPS) is 14.3. The lowest BCUT2D eigenvalue weighted by atomic mass is 10.1. The Hall–Kier alpha value is -2.60. The lowest BCUT2D eigenvalue weighted by Crippen LogP contribution is -2.21. The van der Waals surface area contributed by atoms with Gasteiger partial charge in [-0.3, -0.25) is 14.3 Å². The summed E-state index contributed by atoms with van der Waals surface area (Å²) in [6.45, 7) is 5.15. The fourth-order valence-corrected chi connectivity index (χ4v) is 4.13. The molecule has 6 nitrogen and oxygen atoms in total. The number of unbranched alkanes of at least 4 members (excludes halogenated alkanes) is 1. The number of aromatic nitrogens is 2. The first-order valence-corrected chi connectivity index (χ1v) is 11.4. The SMILES string of the molecule is CCCCn1nc(C)c(/C=C/C(=O)NCc2cccc(NC(=O)C3CCCC3)c2)c1Cl. The van der Waals surface area contributed by atoms with E-state index >= 15 is 0 Å². The molecule has 0 unspecified atom stereocenters. The molecule has 3 rings (SSSR count). The van der Waals surface area contributed by atoms with Crippen molar-refractivity contribution in [3.8, 4) is 0 Å². The summed E-state index contributed by atoms with van der Waals surface area (Å²) in [6.07, 6.45) is 9.44. The van der Waals surface area contributed by atoms with Crippen LogP contribution in [0.25, 0.3) is 6.08 Å². The van der Waals surface area contributed by atoms with E-state index in [1.54, 1.807) is 10.8 Å². The number of aryl methyl sites for hydroxylation is 2. The summed E-state index contributed by atoms with van der Waals surface area (Å²) in [5.41, 5.74) is 3.26. The smallest absolute Gasteiger partial charge is 0.244 e. The second-order valence-electron chi connectivity index (χ2n) is 8.09. The van der Waals surface area contributed by atoms with Crippen LogP contribution in [-0.2, 0) is 22.7 Å². The van der Waals surface area contributed by atoms with Crippen molar-refractivity contribution < 1.29 is 9.59 Å². The molecule has 7 heteroatoms. The lowest BCUT2D eigenvalue weighted by Gasteiger charge is -2.11. The molecule has 2 N–H and O–H groups in total. The van der Waals surface area contributed by atoms with Crippen LogP contribution in [0.5, 0.6) is 0 Å². The van der Waals surface area contributed by atoms with E-state index in [0.29, 0.717) is 11.7 Å². The predicted octanol–water partition coefficient (Wildman–Crippen LogP) is 5.10. The van der Waals surface area contributed by atoms with Crippen LogP contribution in [-0.4, -0.2) is 21.6 Å². The Balaban J connectivity index is 1.54. The van der Waals surface area contributed by atoms with E-state index in [2.05, 4.69) is 22.7 Å². The standard InChI is InChI=1S/C24H31ClN4O2/c1-3-4-14-29-23(25)21(17(2)28-29)12-13-22(30)26-16-18-8-7-11-20(15-18)27-24(31)19-9-5-6-10-19/h7-8,11-13,15,19H,3-6,9-10,14,16H2,1-2H3,(H,26,30)(H,27,31)/b13-12+. The van der Waals surface area contributed by atoms with Gasteiger partial charge in [0.1, 0.15) is 5.15 Å². The average Bonchev–Trinajstić information content (AvgIpc) is 3.38. The van der Waals surface area contributed by atoms with Crippen molar-refractivity contribution in [3.63, 3.8) is 0 Å². The quantitative estimate of drug-likeness (QED) is 0.530. The van der Waals surface area contributed by atoms with Gasteiger partial charge in [0, 0.05) is 36.3 Å². The number of carbonyl (C=O) groups is 2. The summed E-state index contributed by atoms with van der Waals surface area (Å²) in [5, 5.41) is 10.9. The average molecular weight is 443 g/mol. The van der Waals surface area contributed by atoms with Crippen LogP contribution in [0.2, 0.25) is 5.15 Å². The minimum atomic E-state index is -0.211. The van der Waals surface area contributed by atoms with E-state index in [1.807, 2.05) is 31.2 Å². The molecule has 1 heterocycles. The van der Waals surface area contributed by atoms with Gasteiger partial charge in [-0.25, -0.2) is 0 Å². The highest BCUT2D eigenvalue weighted by atomic mass is 35.5. The maximum Gasteiger partial charge on any atom is 0.244 e. The van der Waals surface area contributed by atoms with Crippen molar-refractivity contribution in [2.75, 3.05) is 5.32 Å². The molecule has 0 bridgehead atoms. The monoisotopic (exact) mass is 442 g/mol. The number of benzene rings is 1. The third-order valence-electron chi connectivity index (χ3n) is 5.62. The molecule has 1 aliphatic carbocycles. The van der Waals surface area contributed by atoms with Crippen molar-refractivity contribution in [2.24, 2.45) is 5.92 Å². The van der Waals surface area contributed by atoms with Gasteiger partial charge in [0.05, 0.1) is 5.69 Å². The molecule has 2 aromatic rings. The zero-order valence-electron chi connectivity index (χ0n) is 18.3. The molecule has 1 aromatic heterocycles. The Kier molecular flexibility index (Phi) is 8.29. The summed E-state index contributed by atoms with van der Waals surface area (Å²) in [7, 11) is 0. The number of nitrogens with zero attached hydrogens (tertiary/aromatic N) is 2. The van der Waals surface area contributed by atoms with Crippen LogP contribution in [0, 0.1) is 12.8 Å². The summed E-state index contributed by atoms with van der Waals surface area (Å²) in [5.74, 6) is 0.000578. The molecule has 31 heavy (non-hydrogen) atoms. The third kappa shape index (κ3) is 6.44. The minimum absolute atomic E-state index is 0.0911. The molecule has 166 valence electrons. The topological polar surface area (TPSA) is 76.0 Å². The van der Waals surface area contributed by atoms with E-state index in [-0.39, 0.29) is 17.7 Å². The van der Waals surface area contributed by atoms with Gasteiger partial charge in [0.15, 0.2) is 0 Å². The molecular weight excluding hydrogens is 412 g/mol. The Bertz CT molecular complexity index is 945. The van der Waals surface area contributed by atoms with Gasteiger partial charge in [0.25, 0.3) is 0 Å². The molecule has 0 saturated heterocycles. The van der Waals surface area contributed by atoms with E-state index in [1.165, 1.54) is 6.08 Å². The number of hydrogen-bond acceptors (Lipinski definition) is 3. The van der Waals surface area contributed by atoms with Gasteiger partial charge in [-0.15, -0.1) is 0 Å². The molecule has 0 spiro atoms. The van der Waals surface area contributed by atoms with Gasteiger partial charge >= 0.3 is 0 Å². The summed E-state index contributed by atoms with van der Waals surface area (Å²) in [6, 6.07) is 7.58. The first-order chi connectivity index (χ1) is 15.0. The van der Waals surface area contributed by atoms with Gasteiger partial charge in [0.2, 0.25) is 11.8 Å². The van der Waals surface area contributed by atoms with E-state index in [0.717, 1.165) is 67.6 Å². The van der Waals surface area contributed by atoms with Crippen LogP contribution < -0.4 is 10.6 Å². The van der Waals surface area contributed by atoms with Crippen LogP contribution in [0.15, 0.2) is 30.3 Å². The van der Waals surface area contributed by atoms with Crippen molar-refractivity contribution in [3.05, 3.63) is 52.3 Å². The van der Waals surface area contributed by atoms with Crippen molar-refractivity contribution in [2.45, 2.75) is 65.5 Å². The van der Waals surface area contributed by atoms with E-state index < -0.39 is 0 Å². The molecule has 0 atom stereocenters. The fraction of sp³-hybridized carbons (Fsp3) is 0.458. The molecule has 1 aliphatic rings. The zero-order valence-corrected chi connectivity index (χ0v) is 19.0. The highest BCUT2D eigenvalue weighted by molar-refractivity contribution is 6.31. The lowest BCUT2D eigenvalue weighted by molar-refractivity contribution is -0.119. The number of hydrogen-bond donors (Lipinski definition) is 2. The van der Waals surface area contributed by atoms with Crippen LogP contribution in [0.1, 0.15) is 62.3 Å². The maximum absolute atomic E-state index is 12.3. The Labute approximate surface area is 189 Å². The van der Waals surface area contributed by atoms with Crippen LogP contribution >= 0.6 is 11.6 Å². The largest absolute Gasteiger partial charge is 0.348 e. The summed E-state index contributed by atoms with van der Waals surface area (Å²) < 4.78 is 1.78. The second-order valence-corrected chi connectivity index (χ2v) is 8.45. The highest BCUT2D eigenvalue weighted by Crippen LogP contribution is 2.26. The Morgan fingerprint density at radius 1 is 1.29 bits per heavy atom. The number of carbonyl (C=O) groups excluding carboxylic acids is 2. The summed E-state index contributed by atoms with van der Waals surface area (Å²) >= 11 is 6.41. The Morgan fingerprint density at radius 2 is 2.06 bits per heavy atom. The Morgan fingerprint density at radius 3 is 2.81 bits per heavy atom. The van der Waals surface area contributed by atoms with Gasteiger partial charge in [-0.1, -0.05) is 49.9 Å². The van der Waals surface area contributed by atoms with E-state index in [9.17, 15) is 9.59 Å². The third-order valence-corrected chi connectivity index (χ3v) is 6.02. The maximum atomic E-state index is 12.3. The molecule has 1 saturated carbocycles.